The molecule has 0 atom stereocenters. The molecule has 0 spiro atoms. The Morgan fingerprint density at radius 2 is 1.95 bits per heavy atom. The van der Waals surface area contributed by atoms with Gasteiger partial charge >= 0.3 is 0 Å². The van der Waals surface area contributed by atoms with Crippen molar-refractivity contribution >= 4 is 28.3 Å². The summed E-state index contributed by atoms with van der Waals surface area (Å²) in [5.41, 5.74) is 0.889. The van der Waals surface area contributed by atoms with Crippen LogP contribution in [-0.4, -0.2) is 34.8 Å². The lowest BCUT2D eigenvalue weighted by molar-refractivity contribution is 0.240. The number of halogens is 1. The number of aliphatic hydroxyl groups excluding tert-OH is 1. The molecule has 1 aromatic carbocycles. The van der Waals surface area contributed by atoms with E-state index in [9.17, 15) is 0 Å². The highest BCUT2D eigenvalue weighted by molar-refractivity contribution is 6.28. The number of piperidine rings is 1. The van der Waals surface area contributed by atoms with Crippen molar-refractivity contribution < 1.29 is 5.11 Å². The van der Waals surface area contributed by atoms with Crippen LogP contribution in [0, 0.1) is 5.92 Å². The fourth-order valence-corrected chi connectivity index (χ4v) is 3.06. The highest BCUT2D eigenvalue weighted by Gasteiger charge is 2.21. The van der Waals surface area contributed by atoms with Crippen LogP contribution in [0.3, 0.4) is 0 Å². The van der Waals surface area contributed by atoms with Gasteiger partial charge in [-0.2, -0.15) is 4.98 Å². The zero-order chi connectivity index (χ0) is 13.9. The van der Waals surface area contributed by atoms with E-state index in [-0.39, 0.29) is 6.61 Å². The number of aromatic nitrogens is 2. The fourth-order valence-electron chi connectivity index (χ4n) is 2.89. The monoisotopic (exact) mass is 291 g/mol. The van der Waals surface area contributed by atoms with Crippen LogP contribution in [-0.2, 0) is 0 Å². The van der Waals surface area contributed by atoms with Crippen LogP contribution in [0.1, 0.15) is 19.3 Å². The van der Waals surface area contributed by atoms with E-state index in [4.69, 9.17) is 16.7 Å². The summed E-state index contributed by atoms with van der Waals surface area (Å²) >= 11 is 6.04. The number of aliphatic hydroxyl groups is 1. The second-order valence-electron chi connectivity index (χ2n) is 5.28. The molecule has 3 rings (SSSR count). The normalized spacial score (nSPS) is 16.8. The standard InChI is InChI=1S/C15H18ClN3O/c16-15-17-13-4-2-1-3-12(13)14(18-15)19-8-5-11(6-9-19)7-10-20/h1-4,11,20H,5-10H2. The zero-order valence-electron chi connectivity index (χ0n) is 11.3. The van der Waals surface area contributed by atoms with Gasteiger partial charge in [0.2, 0.25) is 5.28 Å². The van der Waals surface area contributed by atoms with Crippen molar-refractivity contribution in [2.75, 3.05) is 24.6 Å². The van der Waals surface area contributed by atoms with Gasteiger partial charge in [-0.25, -0.2) is 4.98 Å². The first-order valence-corrected chi connectivity index (χ1v) is 7.44. The van der Waals surface area contributed by atoms with Crippen molar-refractivity contribution in [3.8, 4) is 0 Å². The second-order valence-corrected chi connectivity index (χ2v) is 5.61. The lowest BCUT2D eigenvalue weighted by Crippen LogP contribution is -2.34. The van der Waals surface area contributed by atoms with Crippen LogP contribution < -0.4 is 4.90 Å². The van der Waals surface area contributed by atoms with Crippen molar-refractivity contribution in [1.29, 1.82) is 0 Å². The van der Waals surface area contributed by atoms with Gasteiger partial charge in [0.25, 0.3) is 0 Å². The first-order chi connectivity index (χ1) is 9.78. The zero-order valence-corrected chi connectivity index (χ0v) is 12.1. The smallest absolute Gasteiger partial charge is 0.224 e. The molecule has 0 radical (unpaired) electrons. The van der Waals surface area contributed by atoms with E-state index in [1.165, 1.54) is 0 Å². The molecule has 1 saturated heterocycles. The van der Waals surface area contributed by atoms with Crippen molar-refractivity contribution in [3.05, 3.63) is 29.5 Å². The van der Waals surface area contributed by atoms with Crippen LogP contribution in [0.4, 0.5) is 5.82 Å². The molecular weight excluding hydrogens is 274 g/mol. The molecule has 2 heterocycles. The summed E-state index contributed by atoms with van der Waals surface area (Å²) in [6, 6.07) is 7.97. The molecule has 1 aliphatic heterocycles. The number of hydrogen-bond acceptors (Lipinski definition) is 4. The number of para-hydroxylation sites is 1. The largest absolute Gasteiger partial charge is 0.396 e. The van der Waals surface area contributed by atoms with Crippen LogP contribution in [0.5, 0.6) is 0 Å². The summed E-state index contributed by atoms with van der Waals surface area (Å²) < 4.78 is 0. The molecule has 0 bridgehead atoms. The molecule has 2 aromatic rings. The highest BCUT2D eigenvalue weighted by atomic mass is 35.5. The SMILES string of the molecule is OCCC1CCN(c2nc(Cl)nc3ccccc23)CC1. The highest BCUT2D eigenvalue weighted by Crippen LogP contribution is 2.29. The third-order valence-corrected chi connectivity index (χ3v) is 4.18. The maximum Gasteiger partial charge on any atom is 0.224 e. The fraction of sp³-hybridized carbons (Fsp3) is 0.467. The molecule has 4 nitrogen and oxygen atoms in total. The maximum absolute atomic E-state index is 9.03. The first kappa shape index (κ1) is 13.6. The summed E-state index contributed by atoms with van der Waals surface area (Å²) in [6.45, 7) is 2.21. The molecule has 0 unspecified atom stereocenters. The Bertz CT molecular complexity index is 597. The summed E-state index contributed by atoms with van der Waals surface area (Å²) in [4.78, 5) is 11.0. The minimum absolute atomic E-state index is 0.285. The van der Waals surface area contributed by atoms with Crippen LogP contribution in [0.25, 0.3) is 10.9 Å². The van der Waals surface area contributed by atoms with E-state index in [1.807, 2.05) is 24.3 Å². The molecule has 1 N–H and O–H groups in total. The number of nitrogens with zero attached hydrogens (tertiary/aromatic N) is 3. The lowest BCUT2D eigenvalue weighted by Gasteiger charge is -2.33. The van der Waals surface area contributed by atoms with Gasteiger partial charge in [-0.15, -0.1) is 0 Å². The molecule has 20 heavy (non-hydrogen) atoms. The predicted molar refractivity (Wildman–Crippen MR) is 81.2 cm³/mol. The third kappa shape index (κ3) is 2.72. The Labute approximate surface area is 123 Å². The lowest BCUT2D eigenvalue weighted by atomic mass is 9.94. The van der Waals surface area contributed by atoms with Crippen molar-refractivity contribution in [1.82, 2.24) is 9.97 Å². The molecule has 0 aliphatic carbocycles. The average molecular weight is 292 g/mol. The topological polar surface area (TPSA) is 49.2 Å². The molecule has 1 aliphatic rings. The van der Waals surface area contributed by atoms with Crippen LogP contribution in [0.2, 0.25) is 5.28 Å². The summed E-state index contributed by atoms with van der Waals surface area (Å²) in [7, 11) is 0. The van der Waals surface area contributed by atoms with E-state index in [2.05, 4.69) is 14.9 Å². The van der Waals surface area contributed by atoms with E-state index in [0.717, 1.165) is 49.1 Å². The van der Waals surface area contributed by atoms with Gasteiger partial charge in [0, 0.05) is 25.1 Å². The van der Waals surface area contributed by atoms with Gasteiger partial charge in [0.1, 0.15) is 5.82 Å². The number of benzene rings is 1. The quantitative estimate of drug-likeness (QED) is 0.884. The number of fused-ring (bicyclic) bond motifs is 1. The van der Waals surface area contributed by atoms with E-state index < -0.39 is 0 Å². The minimum Gasteiger partial charge on any atom is -0.396 e. The van der Waals surface area contributed by atoms with E-state index in [1.54, 1.807) is 0 Å². The molecule has 1 fully saturated rings. The Kier molecular flexibility index (Phi) is 4.03. The van der Waals surface area contributed by atoms with Gasteiger partial charge in [-0.3, -0.25) is 0 Å². The first-order valence-electron chi connectivity index (χ1n) is 7.06. The average Bonchev–Trinajstić information content (AvgIpc) is 2.47. The summed E-state index contributed by atoms with van der Waals surface area (Å²) in [5, 5.41) is 10.4. The number of anilines is 1. The van der Waals surface area contributed by atoms with Crippen LogP contribution in [0.15, 0.2) is 24.3 Å². The Morgan fingerprint density at radius 1 is 1.20 bits per heavy atom. The molecule has 1 aromatic heterocycles. The second kappa shape index (κ2) is 5.94. The van der Waals surface area contributed by atoms with Gasteiger partial charge in [0.15, 0.2) is 0 Å². The van der Waals surface area contributed by atoms with Crippen molar-refractivity contribution in [2.45, 2.75) is 19.3 Å². The Balaban J connectivity index is 1.87. The van der Waals surface area contributed by atoms with E-state index >= 15 is 0 Å². The molecule has 5 heteroatoms. The predicted octanol–water partition coefficient (Wildman–Crippen LogP) is 2.88. The van der Waals surface area contributed by atoms with Gasteiger partial charge in [-0.05, 0) is 48.9 Å². The molecule has 0 amide bonds. The molecule has 106 valence electrons. The van der Waals surface area contributed by atoms with Crippen LogP contribution >= 0.6 is 11.6 Å². The number of hydrogen-bond donors (Lipinski definition) is 1. The molecule has 0 saturated carbocycles. The minimum atomic E-state index is 0.285. The summed E-state index contributed by atoms with van der Waals surface area (Å²) in [6.07, 6.45) is 3.09. The molecular formula is C15H18ClN3O. The number of rotatable bonds is 3. The maximum atomic E-state index is 9.03. The third-order valence-electron chi connectivity index (χ3n) is 4.01. The van der Waals surface area contributed by atoms with Gasteiger partial charge in [0.05, 0.1) is 5.52 Å². The van der Waals surface area contributed by atoms with Crippen molar-refractivity contribution in [2.24, 2.45) is 5.92 Å². The van der Waals surface area contributed by atoms with Gasteiger partial charge in [-0.1, -0.05) is 12.1 Å². The Hall–Kier alpha value is -1.39. The van der Waals surface area contributed by atoms with Gasteiger partial charge < -0.3 is 10.0 Å². The van der Waals surface area contributed by atoms with E-state index in [0.29, 0.717) is 11.2 Å². The van der Waals surface area contributed by atoms with Crippen molar-refractivity contribution in [3.63, 3.8) is 0 Å². The summed E-state index contributed by atoms with van der Waals surface area (Å²) in [5.74, 6) is 1.56. The Morgan fingerprint density at radius 3 is 2.70 bits per heavy atom.